The smallest absolute Gasteiger partial charge is 0.253 e. The van der Waals surface area contributed by atoms with E-state index in [1.54, 1.807) is 18.2 Å². The first-order chi connectivity index (χ1) is 11.6. The molecule has 0 fully saturated rings. The van der Waals surface area contributed by atoms with Gasteiger partial charge >= 0.3 is 0 Å². The molecule has 1 rings (SSSR count). The quantitative estimate of drug-likeness (QED) is 0.606. The van der Waals surface area contributed by atoms with Crippen LogP contribution in [0.4, 0.5) is 5.69 Å². The third-order valence-electron chi connectivity index (χ3n) is 3.81. The SMILES string of the molecule is CC(C)CC(=O)Nc1ccc(Cl)c(C(=O)NC(C)(CN)CC(C)C)c1.Cl. The molecular formula is C19H31Cl2N3O2. The second-order valence-corrected chi connectivity index (χ2v) is 8.06. The van der Waals surface area contributed by atoms with Gasteiger partial charge in [-0.2, -0.15) is 0 Å². The highest BCUT2D eigenvalue weighted by Gasteiger charge is 2.27. The molecule has 0 radical (unpaired) electrons. The summed E-state index contributed by atoms with van der Waals surface area (Å²) in [4.78, 5) is 24.6. The zero-order chi connectivity index (χ0) is 19.2. The van der Waals surface area contributed by atoms with E-state index < -0.39 is 5.54 Å². The maximum atomic E-state index is 12.7. The molecule has 2 amide bonds. The van der Waals surface area contributed by atoms with Crippen molar-refractivity contribution in [2.24, 2.45) is 17.6 Å². The van der Waals surface area contributed by atoms with Crippen molar-refractivity contribution in [2.45, 2.75) is 53.0 Å². The molecular weight excluding hydrogens is 373 g/mol. The highest BCUT2D eigenvalue weighted by Crippen LogP contribution is 2.23. The fraction of sp³-hybridized carbons (Fsp3) is 0.579. The fourth-order valence-electron chi connectivity index (χ4n) is 2.79. The Morgan fingerprint density at radius 1 is 1.19 bits per heavy atom. The third-order valence-corrected chi connectivity index (χ3v) is 4.14. The first-order valence-electron chi connectivity index (χ1n) is 8.68. The molecule has 0 aromatic heterocycles. The number of hydrogen-bond donors (Lipinski definition) is 3. The van der Waals surface area contributed by atoms with E-state index in [1.165, 1.54) is 0 Å². The van der Waals surface area contributed by atoms with Crippen molar-refractivity contribution in [3.05, 3.63) is 28.8 Å². The summed E-state index contributed by atoms with van der Waals surface area (Å²) < 4.78 is 0. The molecule has 7 heteroatoms. The van der Waals surface area contributed by atoms with Crippen LogP contribution in [0.25, 0.3) is 0 Å². The van der Waals surface area contributed by atoms with Crippen molar-refractivity contribution in [3.63, 3.8) is 0 Å². The van der Waals surface area contributed by atoms with Crippen LogP contribution < -0.4 is 16.4 Å². The number of rotatable bonds is 8. The standard InChI is InChI=1S/C19H30ClN3O2.ClH/c1-12(2)8-17(24)22-14-6-7-16(20)15(9-14)18(25)23-19(5,11-21)10-13(3)4;/h6-7,9,12-13H,8,10-11,21H2,1-5H3,(H,22,24)(H,23,25);1H. The first-order valence-corrected chi connectivity index (χ1v) is 9.06. The number of carbonyl (C=O) groups is 2. The Kier molecular flexibility index (Phi) is 10.2. The highest BCUT2D eigenvalue weighted by molar-refractivity contribution is 6.34. The number of amides is 2. The third kappa shape index (κ3) is 7.94. The van der Waals surface area contributed by atoms with Crippen LogP contribution >= 0.6 is 24.0 Å². The Morgan fingerprint density at radius 3 is 2.31 bits per heavy atom. The number of carbonyl (C=O) groups excluding carboxylic acids is 2. The van der Waals surface area contributed by atoms with Crippen LogP contribution in [0.3, 0.4) is 0 Å². The van der Waals surface area contributed by atoms with Crippen molar-refractivity contribution in [3.8, 4) is 0 Å². The van der Waals surface area contributed by atoms with Gasteiger partial charge in [-0.05, 0) is 43.4 Å². The van der Waals surface area contributed by atoms with E-state index in [1.807, 2.05) is 20.8 Å². The average molecular weight is 404 g/mol. The lowest BCUT2D eigenvalue weighted by Crippen LogP contribution is -2.52. The second-order valence-electron chi connectivity index (χ2n) is 7.66. The summed E-state index contributed by atoms with van der Waals surface area (Å²) >= 11 is 6.18. The molecule has 0 saturated heterocycles. The highest BCUT2D eigenvalue weighted by atomic mass is 35.5. The van der Waals surface area contributed by atoms with E-state index >= 15 is 0 Å². The van der Waals surface area contributed by atoms with Gasteiger partial charge in [-0.3, -0.25) is 9.59 Å². The van der Waals surface area contributed by atoms with E-state index in [0.717, 1.165) is 6.42 Å². The minimum absolute atomic E-state index is 0. The molecule has 0 bridgehead atoms. The van der Waals surface area contributed by atoms with Crippen LogP contribution in [0.15, 0.2) is 18.2 Å². The molecule has 0 heterocycles. The summed E-state index contributed by atoms with van der Waals surface area (Å²) in [6.07, 6.45) is 1.18. The predicted octanol–water partition coefficient (Wildman–Crippen LogP) is 4.24. The summed E-state index contributed by atoms with van der Waals surface area (Å²) in [6.45, 7) is 10.4. The zero-order valence-corrected chi connectivity index (χ0v) is 17.8. The maximum absolute atomic E-state index is 12.7. The van der Waals surface area contributed by atoms with Crippen LogP contribution in [0.5, 0.6) is 0 Å². The van der Waals surface area contributed by atoms with Gasteiger partial charge in [0.25, 0.3) is 5.91 Å². The van der Waals surface area contributed by atoms with E-state index in [0.29, 0.717) is 35.2 Å². The molecule has 1 aromatic carbocycles. The van der Waals surface area contributed by atoms with Crippen LogP contribution in [-0.4, -0.2) is 23.9 Å². The van der Waals surface area contributed by atoms with Gasteiger partial charge in [-0.25, -0.2) is 0 Å². The van der Waals surface area contributed by atoms with E-state index in [2.05, 4.69) is 24.5 Å². The number of halogens is 2. The summed E-state index contributed by atoms with van der Waals surface area (Å²) in [5.41, 5.74) is 6.23. The van der Waals surface area contributed by atoms with E-state index in [4.69, 9.17) is 17.3 Å². The Labute approximate surface area is 167 Å². The lowest BCUT2D eigenvalue weighted by atomic mass is 9.90. The van der Waals surface area contributed by atoms with Crippen molar-refractivity contribution in [1.82, 2.24) is 5.32 Å². The maximum Gasteiger partial charge on any atom is 0.253 e. The lowest BCUT2D eigenvalue weighted by Gasteiger charge is -2.31. The second kappa shape index (κ2) is 10.8. The van der Waals surface area contributed by atoms with E-state index in [-0.39, 0.29) is 30.1 Å². The summed E-state index contributed by atoms with van der Waals surface area (Å²) in [6, 6.07) is 4.90. The largest absolute Gasteiger partial charge is 0.346 e. The Hall–Kier alpha value is -1.30. The molecule has 0 aliphatic heterocycles. The molecule has 1 atom stereocenters. The van der Waals surface area contributed by atoms with Crippen LogP contribution in [-0.2, 0) is 4.79 Å². The summed E-state index contributed by atoms with van der Waals surface area (Å²) in [5.74, 6) is 0.274. The van der Waals surface area contributed by atoms with Crippen LogP contribution in [0.1, 0.15) is 57.8 Å². The van der Waals surface area contributed by atoms with Gasteiger partial charge in [-0.1, -0.05) is 39.3 Å². The number of anilines is 1. The zero-order valence-electron chi connectivity index (χ0n) is 16.2. The van der Waals surface area contributed by atoms with Gasteiger partial charge in [-0.15, -0.1) is 12.4 Å². The van der Waals surface area contributed by atoms with Crippen LogP contribution in [0, 0.1) is 11.8 Å². The number of nitrogens with two attached hydrogens (primary N) is 1. The average Bonchev–Trinajstić information content (AvgIpc) is 2.47. The van der Waals surface area contributed by atoms with Gasteiger partial charge in [0.15, 0.2) is 0 Å². The van der Waals surface area contributed by atoms with Gasteiger partial charge in [0.05, 0.1) is 10.6 Å². The number of hydrogen-bond acceptors (Lipinski definition) is 3. The molecule has 0 saturated carbocycles. The van der Waals surface area contributed by atoms with Crippen molar-refractivity contribution >= 4 is 41.5 Å². The van der Waals surface area contributed by atoms with Gasteiger partial charge in [0.2, 0.25) is 5.91 Å². The Balaban J connectivity index is 0.00000625. The van der Waals surface area contributed by atoms with Gasteiger partial charge in [0, 0.05) is 24.2 Å². The Morgan fingerprint density at radius 2 is 1.81 bits per heavy atom. The van der Waals surface area contributed by atoms with Crippen molar-refractivity contribution in [2.75, 3.05) is 11.9 Å². The predicted molar refractivity (Wildman–Crippen MR) is 111 cm³/mol. The lowest BCUT2D eigenvalue weighted by molar-refractivity contribution is -0.116. The fourth-order valence-corrected chi connectivity index (χ4v) is 2.99. The van der Waals surface area contributed by atoms with Gasteiger partial charge < -0.3 is 16.4 Å². The molecule has 26 heavy (non-hydrogen) atoms. The van der Waals surface area contributed by atoms with E-state index in [9.17, 15) is 9.59 Å². The molecule has 4 N–H and O–H groups in total. The molecule has 1 unspecified atom stereocenters. The monoisotopic (exact) mass is 403 g/mol. The van der Waals surface area contributed by atoms with Crippen molar-refractivity contribution in [1.29, 1.82) is 0 Å². The normalized spacial score (nSPS) is 13.1. The molecule has 1 aromatic rings. The molecule has 0 aliphatic rings. The summed E-state index contributed by atoms with van der Waals surface area (Å²) in [7, 11) is 0. The molecule has 148 valence electrons. The topological polar surface area (TPSA) is 84.2 Å². The minimum Gasteiger partial charge on any atom is -0.346 e. The molecule has 0 aliphatic carbocycles. The van der Waals surface area contributed by atoms with Crippen LogP contribution in [0.2, 0.25) is 5.02 Å². The molecule has 0 spiro atoms. The van der Waals surface area contributed by atoms with Gasteiger partial charge in [0.1, 0.15) is 0 Å². The Bertz CT molecular complexity index is 621. The number of nitrogens with one attached hydrogen (secondary N) is 2. The minimum atomic E-state index is -0.508. The number of benzene rings is 1. The summed E-state index contributed by atoms with van der Waals surface area (Å²) in [5, 5.41) is 6.12. The molecule has 5 nitrogen and oxygen atoms in total. The first kappa shape index (κ1) is 24.7. The van der Waals surface area contributed by atoms with Crippen molar-refractivity contribution < 1.29 is 9.59 Å².